The molecular weight excluding hydrogens is 290 g/mol. The SMILES string of the molecule is O=C1OC(c2ccccc2)=N[C@]12C1C=CC(C1)[C@H]2c1ccco1. The van der Waals surface area contributed by atoms with Gasteiger partial charge in [-0.1, -0.05) is 30.4 Å². The molecule has 0 N–H and O–H groups in total. The third kappa shape index (κ3) is 1.61. The minimum absolute atomic E-state index is 0.0799. The highest BCUT2D eigenvalue weighted by Gasteiger charge is 2.66. The molecule has 0 saturated heterocycles. The number of hydrogen-bond donors (Lipinski definition) is 0. The smallest absolute Gasteiger partial charge is 0.342 e. The molecular formula is C19H15NO3. The summed E-state index contributed by atoms with van der Waals surface area (Å²) in [6.45, 7) is 0. The Bertz CT molecular complexity index is 822. The van der Waals surface area contributed by atoms with Crippen molar-refractivity contribution in [3.63, 3.8) is 0 Å². The lowest BCUT2D eigenvalue weighted by Crippen LogP contribution is -2.43. The summed E-state index contributed by atoms with van der Waals surface area (Å²) in [6, 6.07) is 13.4. The molecule has 0 radical (unpaired) electrons. The number of benzene rings is 1. The van der Waals surface area contributed by atoms with Gasteiger partial charge in [0.1, 0.15) is 5.76 Å². The molecule has 2 heterocycles. The van der Waals surface area contributed by atoms with E-state index in [1.807, 2.05) is 42.5 Å². The lowest BCUT2D eigenvalue weighted by atomic mass is 9.75. The molecule has 1 aromatic carbocycles. The minimum Gasteiger partial charge on any atom is -0.469 e. The second kappa shape index (κ2) is 4.44. The molecule has 0 amide bonds. The Labute approximate surface area is 133 Å². The van der Waals surface area contributed by atoms with Crippen LogP contribution in [-0.2, 0) is 9.53 Å². The topological polar surface area (TPSA) is 51.8 Å². The van der Waals surface area contributed by atoms with Gasteiger partial charge in [0, 0.05) is 11.5 Å². The van der Waals surface area contributed by atoms with Crippen LogP contribution in [0, 0.1) is 11.8 Å². The van der Waals surface area contributed by atoms with Gasteiger partial charge >= 0.3 is 5.97 Å². The Balaban J connectivity index is 1.66. The van der Waals surface area contributed by atoms with Crippen molar-refractivity contribution in [1.29, 1.82) is 0 Å². The van der Waals surface area contributed by atoms with Crippen molar-refractivity contribution in [2.75, 3.05) is 0 Å². The first kappa shape index (κ1) is 12.9. The van der Waals surface area contributed by atoms with Gasteiger partial charge in [0.15, 0.2) is 5.54 Å². The van der Waals surface area contributed by atoms with Crippen LogP contribution in [0.5, 0.6) is 0 Å². The van der Waals surface area contributed by atoms with Crippen LogP contribution < -0.4 is 0 Å². The molecule has 114 valence electrons. The fourth-order valence-electron chi connectivity index (χ4n) is 4.29. The maximum absolute atomic E-state index is 12.9. The molecule has 2 unspecified atom stereocenters. The lowest BCUT2D eigenvalue weighted by molar-refractivity contribution is -0.140. The number of esters is 1. The number of allylic oxidation sites excluding steroid dienone is 1. The van der Waals surface area contributed by atoms with Crippen molar-refractivity contribution in [3.05, 3.63) is 72.2 Å². The highest BCUT2D eigenvalue weighted by molar-refractivity contribution is 6.09. The van der Waals surface area contributed by atoms with E-state index in [-0.39, 0.29) is 23.7 Å². The molecule has 1 fully saturated rings. The molecule has 4 atom stereocenters. The fraction of sp³-hybridized carbons (Fsp3) is 0.263. The first-order chi connectivity index (χ1) is 11.3. The van der Waals surface area contributed by atoms with Gasteiger partial charge in [-0.05, 0) is 36.6 Å². The quantitative estimate of drug-likeness (QED) is 0.632. The molecule has 5 rings (SSSR count). The first-order valence-corrected chi connectivity index (χ1v) is 7.88. The molecule has 2 bridgehead atoms. The lowest BCUT2D eigenvalue weighted by Gasteiger charge is -2.30. The van der Waals surface area contributed by atoms with Crippen molar-refractivity contribution in [2.24, 2.45) is 16.8 Å². The number of ether oxygens (including phenoxy) is 1. The number of fused-ring (bicyclic) bond motifs is 3. The first-order valence-electron chi connectivity index (χ1n) is 7.88. The van der Waals surface area contributed by atoms with Gasteiger partial charge < -0.3 is 9.15 Å². The van der Waals surface area contributed by atoms with Gasteiger partial charge in [-0.3, -0.25) is 0 Å². The predicted octanol–water partition coefficient (Wildman–Crippen LogP) is 3.31. The van der Waals surface area contributed by atoms with Crippen LogP contribution in [0.25, 0.3) is 0 Å². The normalized spacial score (nSPS) is 34.2. The summed E-state index contributed by atoms with van der Waals surface area (Å²) in [7, 11) is 0. The zero-order valence-corrected chi connectivity index (χ0v) is 12.4. The van der Waals surface area contributed by atoms with Crippen LogP contribution >= 0.6 is 0 Å². The minimum atomic E-state index is -0.873. The van der Waals surface area contributed by atoms with Gasteiger partial charge in [-0.25, -0.2) is 9.79 Å². The molecule has 2 aromatic rings. The largest absolute Gasteiger partial charge is 0.469 e. The molecule has 23 heavy (non-hydrogen) atoms. The molecule has 3 aliphatic rings. The van der Waals surface area contributed by atoms with E-state index in [2.05, 4.69) is 12.2 Å². The number of rotatable bonds is 2. The number of furan rings is 1. The van der Waals surface area contributed by atoms with Crippen molar-refractivity contribution < 1.29 is 13.9 Å². The van der Waals surface area contributed by atoms with E-state index >= 15 is 0 Å². The predicted molar refractivity (Wildman–Crippen MR) is 84.0 cm³/mol. The van der Waals surface area contributed by atoms with Gasteiger partial charge in [0.05, 0.1) is 12.2 Å². The summed E-state index contributed by atoms with van der Waals surface area (Å²) in [5, 5.41) is 0. The van der Waals surface area contributed by atoms with Gasteiger partial charge in [-0.15, -0.1) is 0 Å². The number of hydrogen-bond acceptors (Lipinski definition) is 4. The van der Waals surface area contributed by atoms with E-state index in [1.165, 1.54) is 0 Å². The molecule has 4 heteroatoms. The maximum atomic E-state index is 12.9. The van der Waals surface area contributed by atoms with Crippen molar-refractivity contribution in [1.82, 2.24) is 0 Å². The van der Waals surface area contributed by atoms with E-state index in [4.69, 9.17) is 14.1 Å². The third-order valence-electron chi connectivity index (χ3n) is 5.26. The average Bonchev–Trinajstić information content (AvgIpc) is 3.34. The molecule has 1 aromatic heterocycles. The van der Waals surface area contributed by atoms with Crippen LogP contribution in [0.1, 0.15) is 23.7 Å². The molecule has 1 saturated carbocycles. The third-order valence-corrected chi connectivity index (χ3v) is 5.26. The van der Waals surface area contributed by atoms with Crippen molar-refractivity contribution in [2.45, 2.75) is 17.9 Å². The summed E-state index contributed by atoms with van der Waals surface area (Å²) < 4.78 is 11.2. The summed E-state index contributed by atoms with van der Waals surface area (Å²) in [4.78, 5) is 17.7. The monoisotopic (exact) mass is 305 g/mol. The Kier molecular flexibility index (Phi) is 2.49. The Morgan fingerprint density at radius 3 is 2.74 bits per heavy atom. The van der Waals surface area contributed by atoms with Crippen molar-refractivity contribution >= 4 is 11.9 Å². The number of carbonyl (C=O) groups is 1. The number of cyclic esters (lactones) is 1. The highest BCUT2D eigenvalue weighted by Crippen LogP contribution is 2.59. The Morgan fingerprint density at radius 1 is 1.09 bits per heavy atom. The van der Waals surface area contributed by atoms with Crippen LogP contribution in [0.4, 0.5) is 0 Å². The molecule has 4 nitrogen and oxygen atoms in total. The maximum Gasteiger partial charge on any atom is 0.342 e. The number of aliphatic imine (C=N–C) groups is 1. The second-order valence-corrected chi connectivity index (χ2v) is 6.38. The molecule has 1 spiro atoms. The summed E-state index contributed by atoms with van der Waals surface area (Å²) in [5.74, 6) is 1.26. The van der Waals surface area contributed by atoms with E-state index in [0.717, 1.165) is 17.7 Å². The second-order valence-electron chi connectivity index (χ2n) is 6.38. The van der Waals surface area contributed by atoms with Gasteiger partial charge in [-0.2, -0.15) is 0 Å². The van der Waals surface area contributed by atoms with Gasteiger partial charge in [0.25, 0.3) is 0 Å². The van der Waals surface area contributed by atoms with E-state index < -0.39 is 5.54 Å². The van der Waals surface area contributed by atoms with E-state index in [1.54, 1.807) is 6.26 Å². The van der Waals surface area contributed by atoms with Crippen LogP contribution in [0.2, 0.25) is 0 Å². The highest BCUT2D eigenvalue weighted by atomic mass is 16.6. The zero-order chi connectivity index (χ0) is 15.4. The summed E-state index contributed by atoms with van der Waals surface area (Å²) >= 11 is 0. The Hall–Kier alpha value is -2.62. The zero-order valence-electron chi connectivity index (χ0n) is 12.4. The van der Waals surface area contributed by atoms with E-state index in [0.29, 0.717) is 5.90 Å². The van der Waals surface area contributed by atoms with Crippen LogP contribution in [-0.4, -0.2) is 17.4 Å². The molecule has 1 aliphatic heterocycles. The van der Waals surface area contributed by atoms with Crippen LogP contribution in [0.3, 0.4) is 0 Å². The van der Waals surface area contributed by atoms with Crippen molar-refractivity contribution in [3.8, 4) is 0 Å². The number of nitrogens with zero attached hydrogens (tertiary/aromatic N) is 1. The summed E-state index contributed by atoms with van der Waals surface area (Å²) in [5.41, 5.74) is -0.0368. The fourth-order valence-corrected chi connectivity index (χ4v) is 4.29. The summed E-state index contributed by atoms with van der Waals surface area (Å²) in [6.07, 6.45) is 6.88. The van der Waals surface area contributed by atoms with Gasteiger partial charge in [0.2, 0.25) is 5.90 Å². The van der Waals surface area contributed by atoms with Crippen LogP contribution in [0.15, 0.2) is 70.3 Å². The number of carbonyl (C=O) groups excluding carboxylic acids is 1. The standard InChI is InChI=1S/C19H15NO3/c21-18-19(20-17(23-18)12-5-2-1-3-6-12)14-9-8-13(11-14)16(19)15-7-4-10-22-15/h1-10,13-14,16H,11H2/t13?,14?,16-,19-/m0/s1. The Morgan fingerprint density at radius 2 is 1.96 bits per heavy atom. The average molecular weight is 305 g/mol. The van der Waals surface area contributed by atoms with E-state index in [9.17, 15) is 4.79 Å². The molecule has 2 aliphatic carbocycles.